The van der Waals surface area contributed by atoms with Gasteiger partial charge in [-0.1, -0.05) is 0 Å². The molecule has 2 N–H and O–H groups in total. The highest BCUT2D eigenvalue weighted by Gasteiger charge is 2.48. The molecular weight excluding hydrogens is 387 g/mol. The number of benzene rings is 1. The fraction of sp³-hybridized carbons (Fsp3) is 0.650. The van der Waals surface area contributed by atoms with E-state index in [-0.39, 0.29) is 6.04 Å². The smallest absolute Gasteiger partial charge is 0.324 e. The molecular formula is C20H24F3N3O3. The third kappa shape index (κ3) is 3.97. The van der Waals surface area contributed by atoms with E-state index in [0.29, 0.717) is 17.9 Å². The van der Waals surface area contributed by atoms with Crippen LogP contribution in [0.1, 0.15) is 44.6 Å². The molecule has 0 heterocycles. The lowest BCUT2D eigenvalue weighted by molar-refractivity contribution is -0.385. The summed E-state index contributed by atoms with van der Waals surface area (Å²) in [5, 5.41) is 16.5. The van der Waals surface area contributed by atoms with Crippen LogP contribution in [-0.2, 0) is 11.0 Å². The Kier molecular flexibility index (Phi) is 5.04. The van der Waals surface area contributed by atoms with Crippen molar-refractivity contribution in [2.24, 2.45) is 23.7 Å². The van der Waals surface area contributed by atoms with Gasteiger partial charge in [0.05, 0.1) is 22.2 Å². The molecule has 6 nitrogen and oxygen atoms in total. The van der Waals surface area contributed by atoms with Crippen LogP contribution in [0, 0.1) is 33.8 Å². The van der Waals surface area contributed by atoms with Crippen molar-refractivity contribution < 1.29 is 22.9 Å². The number of rotatable bonds is 5. The summed E-state index contributed by atoms with van der Waals surface area (Å²) in [6.45, 7) is 1.65. The van der Waals surface area contributed by atoms with Crippen LogP contribution in [0.2, 0.25) is 0 Å². The normalized spacial score (nSPS) is 31.5. The molecule has 29 heavy (non-hydrogen) atoms. The minimum Gasteiger partial charge on any atom is -0.324 e. The largest absolute Gasteiger partial charge is 0.418 e. The first-order valence-electron chi connectivity index (χ1n) is 10.0. The summed E-state index contributed by atoms with van der Waals surface area (Å²) < 4.78 is 40.0. The van der Waals surface area contributed by atoms with E-state index in [9.17, 15) is 28.1 Å². The van der Waals surface area contributed by atoms with Crippen LogP contribution in [0.5, 0.6) is 0 Å². The molecule has 1 amide bonds. The van der Waals surface area contributed by atoms with Gasteiger partial charge in [-0.2, -0.15) is 13.2 Å². The average molecular weight is 411 g/mol. The molecule has 0 spiro atoms. The molecule has 4 saturated carbocycles. The first-order valence-corrected chi connectivity index (χ1v) is 10.0. The van der Waals surface area contributed by atoms with E-state index >= 15 is 0 Å². The van der Waals surface area contributed by atoms with Crippen LogP contribution in [-0.4, -0.2) is 22.9 Å². The number of nitro groups is 1. The molecule has 0 unspecified atom stereocenters. The van der Waals surface area contributed by atoms with Gasteiger partial charge in [-0.05, 0) is 68.8 Å². The lowest BCUT2D eigenvalue weighted by Gasteiger charge is -2.55. The number of carbonyl (C=O) groups excluding carboxylic acids is 1. The summed E-state index contributed by atoms with van der Waals surface area (Å²) in [6, 6.07) is 1.91. The van der Waals surface area contributed by atoms with Gasteiger partial charge in [-0.15, -0.1) is 0 Å². The average Bonchev–Trinajstić information content (AvgIpc) is 2.63. The number of carbonyl (C=O) groups is 1. The minimum absolute atomic E-state index is 0.225. The first kappa shape index (κ1) is 20.1. The molecule has 4 bridgehead atoms. The Bertz CT molecular complexity index is 799. The Morgan fingerprint density at radius 2 is 1.72 bits per heavy atom. The number of hydrogen-bond acceptors (Lipinski definition) is 4. The number of hydrogen-bond donors (Lipinski definition) is 2. The van der Waals surface area contributed by atoms with E-state index in [1.165, 1.54) is 32.1 Å². The zero-order valence-corrected chi connectivity index (χ0v) is 16.0. The van der Waals surface area contributed by atoms with Gasteiger partial charge in [-0.3, -0.25) is 14.9 Å². The van der Waals surface area contributed by atoms with E-state index in [1.54, 1.807) is 6.92 Å². The molecule has 5 rings (SSSR count). The Morgan fingerprint density at radius 1 is 1.14 bits per heavy atom. The Balaban J connectivity index is 1.46. The van der Waals surface area contributed by atoms with Crippen molar-refractivity contribution in [3.63, 3.8) is 0 Å². The number of alkyl halides is 3. The van der Waals surface area contributed by atoms with Gasteiger partial charge in [0.25, 0.3) is 5.69 Å². The van der Waals surface area contributed by atoms with Crippen LogP contribution >= 0.6 is 0 Å². The highest BCUT2D eigenvalue weighted by Crippen LogP contribution is 2.53. The molecule has 0 radical (unpaired) electrons. The molecule has 4 aliphatic rings. The quantitative estimate of drug-likeness (QED) is 0.557. The van der Waals surface area contributed by atoms with Gasteiger partial charge in [0.1, 0.15) is 0 Å². The lowest BCUT2D eigenvalue weighted by atomic mass is 9.54. The maximum atomic E-state index is 13.3. The number of nitrogens with zero attached hydrogens (tertiary/aromatic N) is 1. The molecule has 1 aromatic carbocycles. The maximum absolute atomic E-state index is 13.3. The third-order valence-corrected chi connectivity index (χ3v) is 6.84. The number of amides is 1. The molecule has 4 aliphatic carbocycles. The number of nitrogens with one attached hydrogen (secondary N) is 2. The highest BCUT2D eigenvalue weighted by molar-refractivity contribution is 5.95. The molecule has 9 heteroatoms. The maximum Gasteiger partial charge on any atom is 0.418 e. The topological polar surface area (TPSA) is 84.3 Å². The van der Waals surface area contributed by atoms with E-state index in [2.05, 4.69) is 10.6 Å². The highest BCUT2D eigenvalue weighted by atomic mass is 19.4. The number of non-ortho nitro benzene ring substituents is 1. The van der Waals surface area contributed by atoms with Crippen LogP contribution in [0.25, 0.3) is 0 Å². The van der Waals surface area contributed by atoms with Gasteiger partial charge < -0.3 is 10.6 Å². The fourth-order valence-electron chi connectivity index (χ4n) is 5.79. The van der Waals surface area contributed by atoms with Crippen molar-refractivity contribution in [3.8, 4) is 0 Å². The Hall–Kier alpha value is -2.16. The molecule has 1 aromatic rings. The second-order valence-electron chi connectivity index (χ2n) is 8.82. The van der Waals surface area contributed by atoms with Gasteiger partial charge in [0, 0.05) is 18.2 Å². The Morgan fingerprint density at radius 3 is 2.24 bits per heavy atom. The summed E-state index contributed by atoms with van der Waals surface area (Å²) in [6.07, 6.45) is 1.17. The number of nitro benzene ring substituents is 1. The van der Waals surface area contributed by atoms with E-state index in [0.717, 1.165) is 24.0 Å². The zero-order valence-electron chi connectivity index (χ0n) is 16.0. The van der Waals surface area contributed by atoms with Crippen LogP contribution in [0.15, 0.2) is 18.2 Å². The molecule has 0 saturated heterocycles. The molecule has 1 atom stereocenters. The molecule has 0 aliphatic heterocycles. The standard InChI is InChI=1S/C20H24F3N3O3/c1-10(24-18-13-5-11-4-12(7-13)8-14(18)6-11)19(27)25-17-3-2-15(26(28)29)9-16(17)20(21,22)23/h2-3,9-14,18,24H,4-8H2,1H3,(H,25,27)/t10-,11?,12?,13?,14?,18?/m0/s1. The van der Waals surface area contributed by atoms with Gasteiger partial charge in [0.15, 0.2) is 0 Å². The number of halogens is 3. The molecule has 0 aromatic heterocycles. The molecule has 4 fully saturated rings. The van der Waals surface area contributed by atoms with Crippen molar-refractivity contribution >= 4 is 17.3 Å². The van der Waals surface area contributed by atoms with E-state index < -0.39 is 40.0 Å². The summed E-state index contributed by atoms with van der Waals surface area (Å²) in [4.78, 5) is 22.5. The van der Waals surface area contributed by atoms with Crippen molar-refractivity contribution in [2.75, 3.05) is 5.32 Å². The predicted molar refractivity (Wildman–Crippen MR) is 100 cm³/mol. The summed E-state index contributed by atoms with van der Waals surface area (Å²) >= 11 is 0. The fourth-order valence-corrected chi connectivity index (χ4v) is 5.79. The number of anilines is 1. The van der Waals surface area contributed by atoms with Gasteiger partial charge >= 0.3 is 6.18 Å². The molecule has 158 valence electrons. The first-order chi connectivity index (χ1) is 13.6. The SMILES string of the molecule is C[C@H](NC1C2CC3CC(C2)CC1C3)C(=O)Nc1ccc([N+](=O)[O-])cc1C(F)(F)F. The van der Waals surface area contributed by atoms with E-state index in [1.807, 2.05) is 0 Å². The minimum atomic E-state index is -4.81. The van der Waals surface area contributed by atoms with Crippen LogP contribution < -0.4 is 10.6 Å². The monoisotopic (exact) mass is 411 g/mol. The Labute approximate surface area is 166 Å². The van der Waals surface area contributed by atoms with Crippen molar-refractivity contribution in [1.82, 2.24) is 5.32 Å². The second kappa shape index (κ2) is 7.27. The van der Waals surface area contributed by atoms with Crippen molar-refractivity contribution in [3.05, 3.63) is 33.9 Å². The lowest BCUT2D eigenvalue weighted by Crippen LogP contribution is -2.58. The third-order valence-electron chi connectivity index (χ3n) is 6.84. The zero-order chi connectivity index (χ0) is 20.9. The van der Waals surface area contributed by atoms with Gasteiger partial charge in [0.2, 0.25) is 5.91 Å². The predicted octanol–water partition coefficient (Wildman–Crippen LogP) is 4.35. The van der Waals surface area contributed by atoms with Crippen molar-refractivity contribution in [2.45, 2.75) is 57.3 Å². The summed E-state index contributed by atoms with van der Waals surface area (Å²) in [7, 11) is 0. The summed E-state index contributed by atoms with van der Waals surface area (Å²) in [5.74, 6) is 2.07. The van der Waals surface area contributed by atoms with Gasteiger partial charge in [-0.25, -0.2) is 0 Å². The van der Waals surface area contributed by atoms with Crippen LogP contribution in [0.3, 0.4) is 0 Å². The van der Waals surface area contributed by atoms with Crippen LogP contribution in [0.4, 0.5) is 24.5 Å². The second-order valence-corrected chi connectivity index (χ2v) is 8.82. The summed E-state index contributed by atoms with van der Waals surface area (Å²) in [5.41, 5.74) is -2.36. The van der Waals surface area contributed by atoms with Crippen molar-refractivity contribution in [1.29, 1.82) is 0 Å². The van der Waals surface area contributed by atoms with E-state index in [4.69, 9.17) is 0 Å².